The van der Waals surface area contributed by atoms with Gasteiger partial charge in [0.05, 0.1) is 16.5 Å². The third-order valence-electron chi connectivity index (χ3n) is 5.39. The molecule has 0 saturated carbocycles. The molecule has 3 aromatic rings. The summed E-state index contributed by atoms with van der Waals surface area (Å²) in [5, 5.41) is 8.90. The SMILES string of the molecule is N#Cc1ccc(S(=N)(=O)NCCC=C2c3ccccc3CCc3ccccc32)cc1. The number of nitrogens with zero attached hydrogens (tertiary/aromatic N) is 1. The number of rotatable bonds is 5. The van der Waals surface area contributed by atoms with E-state index in [-0.39, 0.29) is 0 Å². The van der Waals surface area contributed by atoms with Crippen molar-refractivity contribution in [2.75, 3.05) is 6.54 Å². The Bertz CT molecular complexity index is 1190. The van der Waals surface area contributed by atoms with Gasteiger partial charge in [-0.1, -0.05) is 54.6 Å². The highest BCUT2D eigenvalue weighted by Gasteiger charge is 2.17. The van der Waals surface area contributed by atoms with Gasteiger partial charge in [0, 0.05) is 6.54 Å². The average molecular weight is 414 g/mol. The molecular weight excluding hydrogens is 390 g/mol. The van der Waals surface area contributed by atoms with Crippen LogP contribution in [0.4, 0.5) is 0 Å². The first-order valence-corrected chi connectivity index (χ1v) is 11.5. The van der Waals surface area contributed by atoms with Crippen molar-refractivity contribution in [3.63, 3.8) is 0 Å². The van der Waals surface area contributed by atoms with E-state index in [9.17, 15) is 4.21 Å². The molecule has 30 heavy (non-hydrogen) atoms. The van der Waals surface area contributed by atoms with Crippen LogP contribution in [0.3, 0.4) is 0 Å². The lowest BCUT2D eigenvalue weighted by molar-refractivity contribution is 0.662. The van der Waals surface area contributed by atoms with E-state index in [1.807, 2.05) is 6.07 Å². The van der Waals surface area contributed by atoms with Crippen LogP contribution in [-0.2, 0) is 22.8 Å². The normalized spacial score (nSPS) is 14.6. The number of benzene rings is 3. The van der Waals surface area contributed by atoms with Crippen molar-refractivity contribution in [1.82, 2.24) is 4.72 Å². The summed E-state index contributed by atoms with van der Waals surface area (Å²) in [4.78, 5) is 0.388. The maximum absolute atomic E-state index is 12.7. The van der Waals surface area contributed by atoms with Gasteiger partial charge < -0.3 is 0 Å². The first kappa shape index (κ1) is 20.1. The van der Waals surface area contributed by atoms with Crippen molar-refractivity contribution in [2.45, 2.75) is 24.2 Å². The van der Waals surface area contributed by atoms with Crippen molar-refractivity contribution in [2.24, 2.45) is 0 Å². The molecule has 0 fully saturated rings. The maximum Gasteiger partial charge on any atom is 0.134 e. The molecule has 0 amide bonds. The molecule has 0 aromatic heterocycles. The fraction of sp³-hybridized carbons (Fsp3) is 0.160. The number of fused-ring (bicyclic) bond motifs is 2. The highest BCUT2D eigenvalue weighted by Crippen LogP contribution is 2.33. The smallest absolute Gasteiger partial charge is 0.134 e. The van der Waals surface area contributed by atoms with Crippen LogP contribution in [0.1, 0.15) is 34.2 Å². The summed E-state index contributed by atoms with van der Waals surface area (Å²) in [6.45, 7) is 0.427. The predicted molar refractivity (Wildman–Crippen MR) is 120 cm³/mol. The zero-order valence-electron chi connectivity index (χ0n) is 16.6. The van der Waals surface area contributed by atoms with Crippen molar-refractivity contribution < 1.29 is 4.21 Å². The molecule has 0 aliphatic heterocycles. The second-order valence-corrected chi connectivity index (χ2v) is 9.18. The van der Waals surface area contributed by atoms with Crippen molar-refractivity contribution in [3.05, 3.63) is 107 Å². The van der Waals surface area contributed by atoms with E-state index in [2.05, 4.69) is 59.3 Å². The molecule has 4 nitrogen and oxygen atoms in total. The summed E-state index contributed by atoms with van der Waals surface area (Å²) in [6, 6.07) is 25.4. The van der Waals surface area contributed by atoms with Gasteiger partial charge in [-0.25, -0.2) is 13.7 Å². The molecular formula is C25H23N3OS. The topological polar surface area (TPSA) is 76.7 Å². The van der Waals surface area contributed by atoms with Crippen LogP contribution < -0.4 is 4.72 Å². The van der Waals surface area contributed by atoms with Gasteiger partial charge in [0.2, 0.25) is 0 Å². The summed E-state index contributed by atoms with van der Waals surface area (Å²) in [6.07, 6.45) is 4.87. The highest BCUT2D eigenvalue weighted by atomic mass is 32.2. The lowest BCUT2D eigenvalue weighted by Crippen LogP contribution is -2.23. The molecule has 0 saturated heterocycles. The Morgan fingerprint density at radius 2 is 1.50 bits per heavy atom. The summed E-state index contributed by atoms with van der Waals surface area (Å²) in [5.41, 5.74) is 6.88. The second kappa shape index (κ2) is 8.66. The van der Waals surface area contributed by atoms with Gasteiger partial charge in [0.25, 0.3) is 0 Å². The summed E-state index contributed by atoms with van der Waals surface area (Å²) in [7, 11) is -3.11. The molecule has 3 aromatic carbocycles. The van der Waals surface area contributed by atoms with E-state index >= 15 is 0 Å². The van der Waals surface area contributed by atoms with Crippen molar-refractivity contribution in [3.8, 4) is 6.07 Å². The van der Waals surface area contributed by atoms with E-state index in [4.69, 9.17) is 10.0 Å². The minimum absolute atomic E-state index is 0.388. The van der Waals surface area contributed by atoms with Crippen LogP contribution in [0.2, 0.25) is 0 Å². The fourth-order valence-corrected chi connectivity index (χ4v) is 4.95. The molecule has 150 valence electrons. The van der Waals surface area contributed by atoms with Crippen LogP contribution in [0.25, 0.3) is 5.57 Å². The number of nitrogens with one attached hydrogen (secondary N) is 2. The Balaban J connectivity index is 1.55. The van der Waals surface area contributed by atoms with E-state index < -0.39 is 9.92 Å². The van der Waals surface area contributed by atoms with E-state index in [1.54, 1.807) is 24.3 Å². The third kappa shape index (κ3) is 4.20. The quantitative estimate of drug-likeness (QED) is 0.572. The Hall–Kier alpha value is -3.20. The first-order chi connectivity index (χ1) is 14.6. The zero-order valence-corrected chi connectivity index (χ0v) is 17.4. The zero-order chi connectivity index (χ0) is 21.0. The largest absolute Gasteiger partial charge is 0.236 e. The van der Waals surface area contributed by atoms with Gasteiger partial charge in [-0.2, -0.15) is 5.26 Å². The van der Waals surface area contributed by atoms with E-state index in [0.29, 0.717) is 23.4 Å². The van der Waals surface area contributed by atoms with Crippen LogP contribution >= 0.6 is 0 Å². The Morgan fingerprint density at radius 1 is 0.933 bits per heavy atom. The summed E-state index contributed by atoms with van der Waals surface area (Å²) in [5.74, 6) is 0. The highest BCUT2D eigenvalue weighted by molar-refractivity contribution is 7.90. The number of hydrogen-bond donors (Lipinski definition) is 2. The van der Waals surface area contributed by atoms with Gasteiger partial charge >= 0.3 is 0 Å². The molecule has 4 rings (SSSR count). The Kier molecular flexibility index (Phi) is 5.80. The minimum Gasteiger partial charge on any atom is -0.236 e. The van der Waals surface area contributed by atoms with Gasteiger partial charge in [0.1, 0.15) is 9.92 Å². The minimum atomic E-state index is -3.11. The third-order valence-corrected chi connectivity index (χ3v) is 6.94. The predicted octanol–water partition coefficient (Wildman–Crippen LogP) is 5.09. The monoisotopic (exact) mass is 413 g/mol. The van der Waals surface area contributed by atoms with Crippen molar-refractivity contribution >= 4 is 15.5 Å². The first-order valence-electron chi connectivity index (χ1n) is 9.99. The second-order valence-electron chi connectivity index (χ2n) is 7.31. The summed E-state index contributed by atoms with van der Waals surface area (Å²) < 4.78 is 23.8. The lowest BCUT2D eigenvalue weighted by atomic mass is 9.93. The molecule has 2 N–H and O–H groups in total. The van der Waals surface area contributed by atoms with E-state index in [1.165, 1.54) is 27.8 Å². The number of aryl methyl sites for hydroxylation is 2. The number of hydrogen-bond acceptors (Lipinski definition) is 3. The van der Waals surface area contributed by atoms with Gasteiger partial charge in [-0.3, -0.25) is 0 Å². The van der Waals surface area contributed by atoms with Crippen LogP contribution in [-0.4, -0.2) is 10.8 Å². The average Bonchev–Trinajstić information content (AvgIpc) is 2.94. The Labute approximate surface area is 178 Å². The van der Waals surface area contributed by atoms with E-state index in [0.717, 1.165) is 12.8 Å². The van der Waals surface area contributed by atoms with Crippen LogP contribution in [0, 0.1) is 16.1 Å². The van der Waals surface area contributed by atoms with Gasteiger partial charge in [0.15, 0.2) is 0 Å². The standard InChI is InChI=1S/C25H23N3OS/c26-18-19-11-15-22(16-12-19)30(27,29)28-17-5-10-25-23-8-3-1-6-20(23)13-14-21-7-2-4-9-24(21)25/h1-4,6-12,15-16H,5,13-14,17H2,(H2,27,28,29). The van der Waals surface area contributed by atoms with Crippen molar-refractivity contribution in [1.29, 1.82) is 10.0 Å². The molecule has 1 unspecified atom stereocenters. The molecule has 1 aliphatic carbocycles. The lowest BCUT2D eigenvalue weighted by Gasteiger charge is -2.13. The van der Waals surface area contributed by atoms with Gasteiger partial charge in [-0.05, 0) is 71.4 Å². The van der Waals surface area contributed by atoms with Crippen LogP contribution in [0.5, 0.6) is 0 Å². The Morgan fingerprint density at radius 3 is 2.07 bits per heavy atom. The maximum atomic E-state index is 12.7. The fourth-order valence-electron chi connectivity index (χ4n) is 3.86. The molecule has 0 heterocycles. The molecule has 0 bridgehead atoms. The van der Waals surface area contributed by atoms with Crippen LogP contribution in [0.15, 0.2) is 83.8 Å². The molecule has 0 spiro atoms. The number of nitriles is 1. The van der Waals surface area contributed by atoms with Gasteiger partial charge in [-0.15, -0.1) is 0 Å². The molecule has 1 atom stereocenters. The molecule has 0 radical (unpaired) electrons. The molecule has 5 heteroatoms. The summed E-state index contributed by atoms with van der Waals surface area (Å²) >= 11 is 0. The molecule has 1 aliphatic rings.